The van der Waals surface area contributed by atoms with Crippen molar-refractivity contribution in [3.05, 3.63) is 47.8 Å². The second-order valence-electron chi connectivity index (χ2n) is 7.19. The molecule has 0 bridgehead atoms. The maximum atomic E-state index is 10.1. The maximum Gasteiger partial charge on any atom is 0.170 e. The number of H-pyrrole nitrogens is 1. The average Bonchev–Trinajstić information content (AvgIpc) is 3.34. The normalized spacial score (nSPS) is 15.1. The number of aryl methyl sites for hydroxylation is 1. The number of fused-ring (bicyclic) bond motifs is 2. The molecule has 3 aromatic heterocycles. The van der Waals surface area contributed by atoms with Crippen molar-refractivity contribution < 1.29 is 14.9 Å². The smallest absolute Gasteiger partial charge is 0.170 e. The summed E-state index contributed by atoms with van der Waals surface area (Å²) in [6.45, 7) is 0. The van der Waals surface area contributed by atoms with Gasteiger partial charge in [-0.15, -0.1) is 0 Å². The highest BCUT2D eigenvalue weighted by atomic mass is 16.5. The van der Waals surface area contributed by atoms with E-state index >= 15 is 0 Å². The summed E-state index contributed by atoms with van der Waals surface area (Å²) in [6, 6.07) is 7.61. The van der Waals surface area contributed by atoms with Gasteiger partial charge in [0, 0.05) is 43.3 Å². The average molecular weight is 377 g/mol. The first kappa shape index (κ1) is 16.9. The highest BCUT2D eigenvalue weighted by Crippen LogP contribution is 2.40. The zero-order valence-corrected chi connectivity index (χ0v) is 15.5. The molecule has 5 rings (SSSR count). The Kier molecular flexibility index (Phi) is 3.55. The number of aliphatic hydroxyl groups is 2. The van der Waals surface area contributed by atoms with Crippen LogP contribution >= 0.6 is 0 Å². The first-order valence-electron chi connectivity index (χ1n) is 8.93. The number of aromatic nitrogens is 5. The lowest BCUT2D eigenvalue weighted by Gasteiger charge is -2.14. The topological polar surface area (TPSA) is 109 Å². The van der Waals surface area contributed by atoms with Gasteiger partial charge in [0.05, 0.1) is 18.8 Å². The molecule has 1 aliphatic carbocycles. The number of hydrogen-bond donors (Lipinski definition) is 3. The summed E-state index contributed by atoms with van der Waals surface area (Å²) in [5.41, 5.74) is 6.30. The Morgan fingerprint density at radius 2 is 2.07 bits per heavy atom. The highest BCUT2D eigenvalue weighted by Gasteiger charge is 2.35. The van der Waals surface area contributed by atoms with Gasteiger partial charge in [-0.05, 0) is 11.1 Å². The van der Waals surface area contributed by atoms with E-state index in [9.17, 15) is 10.2 Å². The Morgan fingerprint density at radius 1 is 1.21 bits per heavy atom. The van der Waals surface area contributed by atoms with Crippen LogP contribution in [0.15, 0.2) is 36.7 Å². The largest absolute Gasteiger partial charge is 0.494 e. The van der Waals surface area contributed by atoms with Crippen LogP contribution in [0, 0.1) is 0 Å². The van der Waals surface area contributed by atoms with Gasteiger partial charge >= 0.3 is 0 Å². The number of aromatic amines is 1. The predicted molar refractivity (Wildman–Crippen MR) is 103 cm³/mol. The molecule has 8 heteroatoms. The number of nitrogens with one attached hydrogen (secondary N) is 1. The molecule has 0 unspecified atom stereocenters. The molecule has 1 aliphatic rings. The molecule has 3 heterocycles. The number of benzene rings is 1. The zero-order valence-electron chi connectivity index (χ0n) is 15.5. The molecule has 0 aliphatic heterocycles. The molecular weight excluding hydrogens is 358 g/mol. The van der Waals surface area contributed by atoms with Crippen LogP contribution < -0.4 is 4.74 Å². The van der Waals surface area contributed by atoms with Gasteiger partial charge in [-0.2, -0.15) is 10.2 Å². The molecule has 28 heavy (non-hydrogen) atoms. The van der Waals surface area contributed by atoms with E-state index < -0.39 is 5.79 Å². The predicted octanol–water partition coefficient (Wildman–Crippen LogP) is 1.81. The fourth-order valence-electron chi connectivity index (χ4n) is 3.90. The van der Waals surface area contributed by atoms with Crippen molar-refractivity contribution in [2.24, 2.45) is 7.05 Å². The number of methoxy groups -OCH3 is 1. The summed E-state index contributed by atoms with van der Waals surface area (Å²) in [6.07, 6.45) is 3.98. The maximum absolute atomic E-state index is 10.1. The van der Waals surface area contributed by atoms with E-state index in [1.54, 1.807) is 18.0 Å². The Balaban J connectivity index is 1.74. The minimum absolute atomic E-state index is 0.155. The van der Waals surface area contributed by atoms with Crippen LogP contribution in [0.25, 0.3) is 33.5 Å². The van der Waals surface area contributed by atoms with Crippen LogP contribution in [0.5, 0.6) is 5.75 Å². The van der Waals surface area contributed by atoms with Crippen LogP contribution in [0.2, 0.25) is 0 Å². The summed E-state index contributed by atoms with van der Waals surface area (Å²) in [5.74, 6) is -1.14. The molecule has 0 atom stereocenters. The van der Waals surface area contributed by atoms with E-state index in [-0.39, 0.29) is 12.8 Å². The number of ether oxygens (including phenoxy) is 1. The quantitative estimate of drug-likeness (QED) is 0.470. The molecular formula is C20H19N5O3. The summed E-state index contributed by atoms with van der Waals surface area (Å²) in [5, 5.41) is 31.9. The molecule has 3 N–H and O–H groups in total. The van der Waals surface area contributed by atoms with E-state index in [0.29, 0.717) is 22.7 Å². The third-order valence-corrected chi connectivity index (χ3v) is 5.16. The van der Waals surface area contributed by atoms with Crippen LogP contribution in [-0.2, 0) is 19.9 Å². The van der Waals surface area contributed by atoms with Crippen LogP contribution in [0.1, 0.15) is 11.1 Å². The second kappa shape index (κ2) is 5.88. The summed E-state index contributed by atoms with van der Waals surface area (Å²) < 4.78 is 7.30. The van der Waals surface area contributed by atoms with Crippen molar-refractivity contribution in [2.75, 3.05) is 7.11 Å². The Bertz CT molecular complexity index is 1210. The van der Waals surface area contributed by atoms with Crippen molar-refractivity contribution >= 4 is 11.0 Å². The molecule has 0 radical (unpaired) electrons. The lowest BCUT2D eigenvalue weighted by molar-refractivity contribution is -0.150. The van der Waals surface area contributed by atoms with Crippen molar-refractivity contribution in [3.63, 3.8) is 0 Å². The van der Waals surface area contributed by atoms with Gasteiger partial charge < -0.3 is 14.9 Å². The van der Waals surface area contributed by atoms with E-state index in [1.807, 2.05) is 37.5 Å². The molecule has 142 valence electrons. The van der Waals surface area contributed by atoms with Gasteiger partial charge in [0.25, 0.3) is 0 Å². The number of nitrogens with zero attached hydrogens (tertiary/aromatic N) is 4. The Labute approximate surface area is 160 Å². The zero-order chi connectivity index (χ0) is 19.5. The van der Waals surface area contributed by atoms with Gasteiger partial charge in [0.1, 0.15) is 22.7 Å². The number of hydrogen-bond acceptors (Lipinski definition) is 6. The first-order valence-corrected chi connectivity index (χ1v) is 8.93. The summed E-state index contributed by atoms with van der Waals surface area (Å²) >= 11 is 0. The van der Waals surface area contributed by atoms with Crippen molar-refractivity contribution in [1.29, 1.82) is 0 Å². The second-order valence-corrected chi connectivity index (χ2v) is 7.19. The Morgan fingerprint density at radius 3 is 2.82 bits per heavy atom. The Hall–Kier alpha value is -3.23. The molecule has 0 fully saturated rings. The molecule has 0 amide bonds. The third-order valence-electron chi connectivity index (χ3n) is 5.16. The van der Waals surface area contributed by atoms with Gasteiger partial charge in [-0.25, -0.2) is 4.98 Å². The van der Waals surface area contributed by atoms with Crippen molar-refractivity contribution in [2.45, 2.75) is 18.6 Å². The lowest BCUT2D eigenvalue weighted by atomic mass is 9.99. The number of pyridine rings is 1. The number of rotatable bonds is 3. The van der Waals surface area contributed by atoms with Crippen LogP contribution in [0.4, 0.5) is 0 Å². The van der Waals surface area contributed by atoms with Crippen LogP contribution in [0.3, 0.4) is 0 Å². The fraction of sp³-hybridized carbons (Fsp3) is 0.250. The summed E-state index contributed by atoms with van der Waals surface area (Å²) in [7, 11) is 3.44. The fourth-order valence-corrected chi connectivity index (χ4v) is 3.90. The van der Waals surface area contributed by atoms with Crippen LogP contribution in [-0.4, -0.2) is 48.1 Å². The molecule has 0 saturated heterocycles. The molecule has 0 saturated carbocycles. The van der Waals surface area contributed by atoms with E-state index in [1.165, 1.54) is 0 Å². The molecule has 4 aromatic rings. The molecule has 1 aromatic carbocycles. The monoisotopic (exact) mass is 377 g/mol. The van der Waals surface area contributed by atoms with E-state index in [2.05, 4.69) is 15.3 Å². The standard InChI is InChI=1S/C20H19N5O3/c1-25-10-12(9-21-25)17-19-15(23-24-17)6-16(28-2)18(22-19)13-5-3-4-11-7-20(26,27)8-14(11)13/h3-6,9-10,26-27H,7-8H2,1-2H3,(H,23,24). The lowest BCUT2D eigenvalue weighted by Crippen LogP contribution is -2.27. The van der Waals surface area contributed by atoms with Gasteiger partial charge in [0.15, 0.2) is 5.79 Å². The molecule has 0 spiro atoms. The van der Waals surface area contributed by atoms with E-state index in [4.69, 9.17) is 9.72 Å². The van der Waals surface area contributed by atoms with Crippen molar-refractivity contribution in [1.82, 2.24) is 25.0 Å². The van der Waals surface area contributed by atoms with Crippen molar-refractivity contribution in [3.8, 4) is 28.3 Å². The van der Waals surface area contributed by atoms with Gasteiger partial charge in [-0.3, -0.25) is 9.78 Å². The van der Waals surface area contributed by atoms with Gasteiger partial charge in [-0.1, -0.05) is 18.2 Å². The molecule has 8 nitrogen and oxygen atoms in total. The van der Waals surface area contributed by atoms with E-state index in [0.717, 1.165) is 27.8 Å². The highest BCUT2D eigenvalue weighted by molar-refractivity contribution is 5.92. The minimum atomic E-state index is -1.73. The SMILES string of the molecule is COc1cc2[nH]nc(-c3cnn(C)c3)c2nc1-c1cccc2c1CC(O)(O)C2. The minimum Gasteiger partial charge on any atom is -0.494 e. The third kappa shape index (κ3) is 2.57. The summed E-state index contributed by atoms with van der Waals surface area (Å²) in [4.78, 5) is 4.87. The first-order chi connectivity index (χ1) is 13.4. The van der Waals surface area contributed by atoms with Gasteiger partial charge in [0.2, 0.25) is 0 Å².